The first-order valence-corrected chi connectivity index (χ1v) is 13.1. The average Bonchev–Trinajstić information content (AvgIpc) is 3.47. The molecule has 3 heterocycles. The lowest BCUT2D eigenvalue weighted by Crippen LogP contribution is -2.40. The molecule has 2 amide bonds. The standard InChI is InChI=1S/C29H33N3O6/c1-16-12-17(2)25-20(15-37-23(25)13-16)14-24(33)31-30-21-6-5-7-22-26(21)18(3)27(38-22)28(34)32-10-8-19(9-11-32)29(35)36-4/h12-13,15,19H,5-11,14H2,1-4H3,(H,31,33)/b30-21+. The van der Waals surface area contributed by atoms with E-state index in [9.17, 15) is 14.4 Å². The molecular weight excluding hydrogens is 486 g/mol. The fraction of sp³-hybridized carbons (Fsp3) is 0.448. The van der Waals surface area contributed by atoms with E-state index in [1.165, 1.54) is 7.11 Å². The zero-order valence-corrected chi connectivity index (χ0v) is 22.3. The molecule has 0 radical (unpaired) electrons. The van der Waals surface area contributed by atoms with Gasteiger partial charge >= 0.3 is 5.97 Å². The normalized spacial score (nSPS) is 17.1. The summed E-state index contributed by atoms with van der Waals surface area (Å²) >= 11 is 0. The number of carbonyl (C=O) groups excluding carboxylic acids is 3. The van der Waals surface area contributed by atoms with Crippen LogP contribution in [-0.2, 0) is 27.2 Å². The van der Waals surface area contributed by atoms with Crippen molar-refractivity contribution in [3.63, 3.8) is 0 Å². The van der Waals surface area contributed by atoms with Gasteiger partial charge in [-0.1, -0.05) is 6.07 Å². The Hall–Kier alpha value is -3.88. The number of nitrogens with zero attached hydrogens (tertiary/aromatic N) is 2. The number of ether oxygens (including phenoxy) is 1. The Morgan fingerprint density at radius 2 is 1.89 bits per heavy atom. The van der Waals surface area contributed by atoms with Crippen molar-refractivity contribution in [2.24, 2.45) is 11.0 Å². The van der Waals surface area contributed by atoms with Crippen LogP contribution in [0.4, 0.5) is 0 Å². The molecule has 0 atom stereocenters. The van der Waals surface area contributed by atoms with Gasteiger partial charge in [-0.15, -0.1) is 0 Å². The molecule has 0 spiro atoms. The number of benzene rings is 1. The number of amides is 2. The van der Waals surface area contributed by atoms with E-state index in [0.29, 0.717) is 50.2 Å². The number of carbonyl (C=O) groups is 3. The van der Waals surface area contributed by atoms with Gasteiger partial charge in [-0.2, -0.15) is 5.10 Å². The van der Waals surface area contributed by atoms with Gasteiger partial charge in [-0.25, -0.2) is 5.43 Å². The maximum atomic E-state index is 13.3. The number of furan rings is 2. The van der Waals surface area contributed by atoms with E-state index < -0.39 is 0 Å². The maximum Gasteiger partial charge on any atom is 0.308 e. The molecule has 0 saturated carbocycles. The number of piperidine rings is 1. The number of hydrazone groups is 1. The Morgan fingerprint density at radius 3 is 2.63 bits per heavy atom. The largest absolute Gasteiger partial charge is 0.469 e. The molecule has 9 nitrogen and oxygen atoms in total. The van der Waals surface area contributed by atoms with Gasteiger partial charge in [-0.3, -0.25) is 14.4 Å². The molecule has 0 bridgehead atoms. The highest BCUT2D eigenvalue weighted by Gasteiger charge is 2.33. The second-order valence-corrected chi connectivity index (χ2v) is 10.3. The van der Waals surface area contributed by atoms with Crippen molar-refractivity contribution in [1.29, 1.82) is 0 Å². The van der Waals surface area contributed by atoms with Crippen molar-refractivity contribution in [2.45, 2.75) is 59.3 Å². The van der Waals surface area contributed by atoms with Crippen LogP contribution < -0.4 is 5.43 Å². The smallest absolute Gasteiger partial charge is 0.308 e. The van der Waals surface area contributed by atoms with Gasteiger partial charge < -0.3 is 18.5 Å². The Morgan fingerprint density at radius 1 is 1.13 bits per heavy atom. The SMILES string of the molecule is COC(=O)C1CCN(C(=O)c2oc3c(c2C)/C(=N/NC(=O)Cc2coc4cc(C)cc(C)c24)CCC3)CC1. The van der Waals surface area contributed by atoms with Crippen LogP contribution in [0.15, 0.2) is 32.3 Å². The number of nitrogens with one attached hydrogen (secondary N) is 1. The second-order valence-electron chi connectivity index (χ2n) is 10.3. The topological polar surface area (TPSA) is 114 Å². The van der Waals surface area contributed by atoms with Crippen molar-refractivity contribution in [2.75, 3.05) is 20.2 Å². The van der Waals surface area contributed by atoms with Crippen molar-refractivity contribution in [3.05, 3.63) is 57.7 Å². The lowest BCUT2D eigenvalue weighted by molar-refractivity contribution is -0.146. The molecule has 38 heavy (non-hydrogen) atoms. The third-order valence-electron chi connectivity index (χ3n) is 7.60. The van der Waals surface area contributed by atoms with Crippen molar-refractivity contribution in [1.82, 2.24) is 10.3 Å². The average molecular weight is 520 g/mol. The number of esters is 1. The lowest BCUT2D eigenvalue weighted by Gasteiger charge is -2.30. The minimum atomic E-state index is -0.238. The number of hydrogen-bond acceptors (Lipinski definition) is 7. The summed E-state index contributed by atoms with van der Waals surface area (Å²) in [5.41, 5.74) is 8.74. The van der Waals surface area contributed by atoms with Gasteiger partial charge in [0.15, 0.2) is 5.76 Å². The van der Waals surface area contributed by atoms with Gasteiger partial charge in [0.2, 0.25) is 5.91 Å². The molecule has 1 aliphatic heterocycles. The van der Waals surface area contributed by atoms with E-state index in [0.717, 1.165) is 51.0 Å². The minimum Gasteiger partial charge on any atom is -0.469 e. The zero-order valence-electron chi connectivity index (χ0n) is 22.3. The molecule has 5 rings (SSSR count). The molecule has 200 valence electrons. The summed E-state index contributed by atoms with van der Waals surface area (Å²) in [6.07, 6.45) is 5.13. The molecular formula is C29H33N3O6. The highest BCUT2D eigenvalue weighted by molar-refractivity contribution is 6.06. The first kappa shape index (κ1) is 25.8. The van der Waals surface area contributed by atoms with E-state index in [2.05, 4.69) is 16.6 Å². The van der Waals surface area contributed by atoms with E-state index in [1.807, 2.05) is 26.8 Å². The number of hydrogen-bond donors (Lipinski definition) is 1. The van der Waals surface area contributed by atoms with Gasteiger partial charge in [0.05, 0.1) is 31.4 Å². The quantitative estimate of drug-likeness (QED) is 0.395. The van der Waals surface area contributed by atoms with Crippen LogP contribution in [0.3, 0.4) is 0 Å². The number of likely N-dealkylation sites (tertiary alicyclic amines) is 1. The highest BCUT2D eigenvalue weighted by Crippen LogP contribution is 2.32. The van der Waals surface area contributed by atoms with Crippen molar-refractivity contribution >= 4 is 34.5 Å². The molecule has 1 N–H and O–H groups in total. The summed E-state index contributed by atoms with van der Waals surface area (Å²) in [5.74, 6) is 0.213. The first-order chi connectivity index (χ1) is 18.3. The van der Waals surface area contributed by atoms with Gasteiger partial charge in [0.25, 0.3) is 5.91 Å². The molecule has 1 aromatic carbocycles. The molecule has 1 saturated heterocycles. The Labute approximate surface area is 221 Å². The van der Waals surface area contributed by atoms with Crippen LogP contribution >= 0.6 is 0 Å². The van der Waals surface area contributed by atoms with E-state index in [4.69, 9.17) is 13.6 Å². The Bertz CT molecular complexity index is 1440. The second kappa shape index (κ2) is 10.5. The fourth-order valence-corrected chi connectivity index (χ4v) is 5.71. The summed E-state index contributed by atoms with van der Waals surface area (Å²) in [6.45, 7) is 6.84. The molecule has 2 aliphatic rings. The van der Waals surface area contributed by atoms with Gasteiger partial charge in [0.1, 0.15) is 11.3 Å². The number of rotatable bonds is 5. The van der Waals surface area contributed by atoms with Crippen LogP contribution in [0.2, 0.25) is 0 Å². The molecule has 1 aliphatic carbocycles. The zero-order chi connectivity index (χ0) is 27.0. The molecule has 9 heteroatoms. The molecule has 0 unspecified atom stereocenters. The Balaban J connectivity index is 1.29. The van der Waals surface area contributed by atoms with Gasteiger partial charge in [-0.05, 0) is 63.6 Å². The van der Waals surface area contributed by atoms with Crippen LogP contribution in [0, 0.1) is 26.7 Å². The number of methoxy groups -OCH3 is 1. The third kappa shape index (κ3) is 4.85. The number of fused-ring (bicyclic) bond motifs is 2. The van der Waals surface area contributed by atoms with E-state index >= 15 is 0 Å². The monoisotopic (exact) mass is 519 g/mol. The predicted octanol–water partition coefficient (Wildman–Crippen LogP) is 4.38. The summed E-state index contributed by atoms with van der Waals surface area (Å²) in [4.78, 5) is 39.7. The van der Waals surface area contributed by atoms with E-state index in [-0.39, 0.29) is 30.1 Å². The summed E-state index contributed by atoms with van der Waals surface area (Å²) in [5, 5.41) is 5.42. The first-order valence-electron chi connectivity index (χ1n) is 13.1. The van der Waals surface area contributed by atoms with Crippen LogP contribution in [-0.4, -0.2) is 48.6 Å². The van der Waals surface area contributed by atoms with Crippen molar-refractivity contribution < 1.29 is 28.0 Å². The minimum absolute atomic E-state index is 0.149. The fourth-order valence-electron chi connectivity index (χ4n) is 5.71. The predicted molar refractivity (Wildman–Crippen MR) is 141 cm³/mol. The lowest BCUT2D eigenvalue weighted by atomic mass is 9.93. The maximum absolute atomic E-state index is 13.3. The van der Waals surface area contributed by atoms with Crippen LogP contribution in [0.5, 0.6) is 0 Å². The van der Waals surface area contributed by atoms with Crippen molar-refractivity contribution in [3.8, 4) is 0 Å². The summed E-state index contributed by atoms with van der Waals surface area (Å²) in [6, 6.07) is 4.04. The summed E-state index contributed by atoms with van der Waals surface area (Å²) < 4.78 is 16.6. The third-order valence-corrected chi connectivity index (χ3v) is 7.60. The number of aryl methyl sites for hydroxylation is 3. The highest BCUT2D eigenvalue weighted by atomic mass is 16.5. The molecule has 3 aromatic rings. The van der Waals surface area contributed by atoms with Gasteiger partial charge in [0, 0.05) is 41.6 Å². The molecule has 2 aromatic heterocycles. The van der Waals surface area contributed by atoms with Crippen LogP contribution in [0.1, 0.15) is 69.8 Å². The summed E-state index contributed by atoms with van der Waals surface area (Å²) in [7, 11) is 1.39. The van der Waals surface area contributed by atoms with E-state index in [1.54, 1.807) is 11.2 Å². The van der Waals surface area contributed by atoms with Crippen LogP contribution in [0.25, 0.3) is 11.0 Å². The molecule has 1 fully saturated rings. The Kier molecular flexibility index (Phi) is 7.10.